The molecule has 0 aromatic heterocycles. The van der Waals surface area contributed by atoms with E-state index >= 15 is 0 Å². The molecular weight excluding hydrogens is 542 g/mol. The Balaban J connectivity index is 1.37. The second-order valence-electron chi connectivity index (χ2n) is 8.30. The first-order valence-electron chi connectivity index (χ1n) is 12.1. The van der Waals surface area contributed by atoms with Crippen molar-refractivity contribution in [1.82, 2.24) is 5.43 Å². The summed E-state index contributed by atoms with van der Waals surface area (Å²) in [7, 11) is 0. The van der Waals surface area contributed by atoms with Crippen LogP contribution in [-0.2, 0) is 13.2 Å². The van der Waals surface area contributed by atoms with Gasteiger partial charge in [-0.25, -0.2) is 9.82 Å². The third-order valence-electron chi connectivity index (χ3n) is 5.44. The first kappa shape index (κ1) is 28.0. The Morgan fingerprint density at radius 1 is 0.846 bits per heavy atom. The topological polar surface area (TPSA) is 69.2 Å². The maximum Gasteiger partial charge on any atom is 0.271 e. The van der Waals surface area contributed by atoms with Gasteiger partial charge in [-0.2, -0.15) is 5.10 Å². The summed E-state index contributed by atoms with van der Waals surface area (Å²) >= 11 is 12.7. The minimum atomic E-state index is -0.432. The Kier molecular flexibility index (Phi) is 9.78. The van der Waals surface area contributed by atoms with Gasteiger partial charge in [-0.1, -0.05) is 65.7 Å². The number of ether oxygens (including phenoxy) is 3. The summed E-state index contributed by atoms with van der Waals surface area (Å²) < 4.78 is 30.4. The molecule has 0 aliphatic rings. The van der Waals surface area contributed by atoms with Crippen molar-refractivity contribution in [3.8, 4) is 17.2 Å². The molecule has 0 spiro atoms. The SMILES string of the molecule is CCOc1cc(C(=O)N/N=C/c2cc(Cl)c(OCc3ccc(F)cc3)c(Cl)c2)ccc1OCc1ccccc1. The predicted octanol–water partition coefficient (Wildman–Crippen LogP) is 7.45. The molecule has 4 aromatic carbocycles. The van der Waals surface area contributed by atoms with Gasteiger partial charge in [0.1, 0.15) is 19.0 Å². The van der Waals surface area contributed by atoms with E-state index in [-0.39, 0.29) is 22.5 Å². The Labute approximate surface area is 235 Å². The number of hydrogen-bond donors (Lipinski definition) is 1. The van der Waals surface area contributed by atoms with E-state index in [9.17, 15) is 9.18 Å². The summed E-state index contributed by atoms with van der Waals surface area (Å²) in [5, 5.41) is 4.55. The number of nitrogens with one attached hydrogen (secondary N) is 1. The number of hydrogen-bond acceptors (Lipinski definition) is 5. The molecule has 0 heterocycles. The molecule has 0 unspecified atom stereocenters. The molecule has 0 aliphatic heterocycles. The molecule has 9 heteroatoms. The average molecular weight is 567 g/mol. The fourth-order valence-corrected chi connectivity index (χ4v) is 4.14. The Morgan fingerprint density at radius 3 is 2.21 bits per heavy atom. The van der Waals surface area contributed by atoms with Gasteiger partial charge in [-0.05, 0) is 66.1 Å². The van der Waals surface area contributed by atoms with Crippen molar-refractivity contribution in [2.75, 3.05) is 6.61 Å². The molecule has 0 aliphatic carbocycles. The first-order chi connectivity index (χ1) is 18.9. The summed E-state index contributed by atoms with van der Waals surface area (Å²) in [6, 6.07) is 23.8. The molecule has 0 bridgehead atoms. The monoisotopic (exact) mass is 566 g/mol. The van der Waals surface area contributed by atoms with Gasteiger partial charge in [0.15, 0.2) is 17.2 Å². The van der Waals surface area contributed by atoms with Crippen molar-refractivity contribution < 1.29 is 23.4 Å². The summed E-state index contributed by atoms with van der Waals surface area (Å²) in [6.07, 6.45) is 1.42. The van der Waals surface area contributed by atoms with E-state index in [4.69, 9.17) is 37.4 Å². The maximum absolute atomic E-state index is 13.1. The van der Waals surface area contributed by atoms with Crippen LogP contribution in [-0.4, -0.2) is 18.7 Å². The van der Waals surface area contributed by atoms with E-state index < -0.39 is 5.91 Å². The summed E-state index contributed by atoms with van der Waals surface area (Å²) in [4.78, 5) is 12.7. The van der Waals surface area contributed by atoms with Crippen LogP contribution in [0.1, 0.15) is 34.0 Å². The van der Waals surface area contributed by atoms with Crippen LogP contribution in [0, 0.1) is 5.82 Å². The third kappa shape index (κ3) is 7.96. The summed E-state index contributed by atoms with van der Waals surface area (Å²) in [5.74, 6) is 0.525. The number of carbonyl (C=O) groups excluding carboxylic acids is 1. The highest BCUT2D eigenvalue weighted by molar-refractivity contribution is 6.37. The number of nitrogens with zero attached hydrogens (tertiary/aromatic N) is 1. The van der Waals surface area contributed by atoms with Gasteiger partial charge in [-0.3, -0.25) is 4.79 Å². The number of halogens is 3. The highest BCUT2D eigenvalue weighted by Gasteiger charge is 2.13. The zero-order valence-corrected chi connectivity index (χ0v) is 22.5. The molecule has 39 heavy (non-hydrogen) atoms. The van der Waals surface area contributed by atoms with Crippen LogP contribution in [0.5, 0.6) is 17.2 Å². The lowest BCUT2D eigenvalue weighted by molar-refractivity contribution is 0.0954. The molecule has 0 saturated carbocycles. The molecule has 0 fully saturated rings. The van der Waals surface area contributed by atoms with Crippen molar-refractivity contribution in [3.05, 3.63) is 123 Å². The highest BCUT2D eigenvalue weighted by atomic mass is 35.5. The zero-order chi connectivity index (χ0) is 27.6. The largest absolute Gasteiger partial charge is 0.490 e. The van der Waals surface area contributed by atoms with Crippen LogP contribution in [0.3, 0.4) is 0 Å². The number of hydrazone groups is 1. The first-order valence-corrected chi connectivity index (χ1v) is 12.8. The molecule has 0 saturated heterocycles. The van der Waals surface area contributed by atoms with Gasteiger partial charge in [0.2, 0.25) is 0 Å². The summed E-state index contributed by atoms with van der Waals surface area (Å²) in [6.45, 7) is 2.81. The molecular formula is C30H25Cl2FN2O4. The normalized spacial score (nSPS) is 10.9. The van der Waals surface area contributed by atoms with E-state index in [0.717, 1.165) is 11.1 Å². The number of amides is 1. The minimum Gasteiger partial charge on any atom is -0.490 e. The number of benzene rings is 4. The molecule has 4 rings (SSSR count). The van der Waals surface area contributed by atoms with E-state index in [1.54, 1.807) is 42.5 Å². The number of rotatable bonds is 11. The Hall–Kier alpha value is -4.07. The van der Waals surface area contributed by atoms with Crippen LogP contribution in [0.25, 0.3) is 0 Å². The van der Waals surface area contributed by atoms with E-state index in [2.05, 4.69) is 10.5 Å². The highest BCUT2D eigenvalue weighted by Crippen LogP contribution is 2.34. The van der Waals surface area contributed by atoms with Crippen molar-refractivity contribution >= 4 is 35.3 Å². The van der Waals surface area contributed by atoms with Crippen LogP contribution in [0.15, 0.2) is 90.0 Å². The van der Waals surface area contributed by atoms with Crippen LogP contribution in [0.4, 0.5) is 4.39 Å². The van der Waals surface area contributed by atoms with Gasteiger partial charge < -0.3 is 14.2 Å². The standard InChI is InChI=1S/C30H25Cl2FN2O4/c1-2-37-28-16-23(10-13-27(28)38-18-20-6-4-3-5-7-20)30(36)35-34-17-22-14-25(31)29(26(32)15-22)39-19-21-8-11-24(33)12-9-21/h3-17H,2,18-19H2,1H3,(H,35,36)/b34-17+. The lowest BCUT2D eigenvalue weighted by atomic mass is 10.2. The van der Waals surface area contributed by atoms with Crippen LogP contribution >= 0.6 is 23.2 Å². The van der Waals surface area contributed by atoms with Gasteiger partial charge in [0.05, 0.1) is 22.9 Å². The van der Waals surface area contributed by atoms with Crippen LogP contribution < -0.4 is 19.6 Å². The molecule has 6 nitrogen and oxygen atoms in total. The fourth-order valence-electron chi connectivity index (χ4n) is 3.53. The molecule has 1 amide bonds. The molecule has 4 aromatic rings. The van der Waals surface area contributed by atoms with Crippen LogP contribution in [0.2, 0.25) is 10.0 Å². The quantitative estimate of drug-likeness (QED) is 0.151. The maximum atomic E-state index is 13.1. The van der Waals surface area contributed by atoms with Gasteiger partial charge in [0.25, 0.3) is 5.91 Å². The molecule has 0 atom stereocenters. The van der Waals surface area contributed by atoms with E-state index in [1.165, 1.54) is 18.3 Å². The predicted molar refractivity (Wildman–Crippen MR) is 151 cm³/mol. The fraction of sp³-hybridized carbons (Fsp3) is 0.133. The zero-order valence-electron chi connectivity index (χ0n) is 21.0. The summed E-state index contributed by atoms with van der Waals surface area (Å²) in [5.41, 5.74) is 5.17. The van der Waals surface area contributed by atoms with Gasteiger partial charge >= 0.3 is 0 Å². The lowest BCUT2D eigenvalue weighted by Crippen LogP contribution is -2.17. The smallest absolute Gasteiger partial charge is 0.271 e. The molecule has 1 N–H and O–H groups in total. The molecule has 200 valence electrons. The van der Waals surface area contributed by atoms with E-state index in [0.29, 0.717) is 41.6 Å². The van der Waals surface area contributed by atoms with Gasteiger partial charge in [-0.15, -0.1) is 0 Å². The Morgan fingerprint density at radius 2 is 1.51 bits per heavy atom. The third-order valence-corrected chi connectivity index (χ3v) is 6.00. The van der Waals surface area contributed by atoms with E-state index in [1.807, 2.05) is 37.3 Å². The average Bonchev–Trinajstić information content (AvgIpc) is 2.93. The Bertz CT molecular complexity index is 1420. The number of carbonyl (C=O) groups is 1. The van der Waals surface area contributed by atoms with Crippen molar-refractivity contribution in [3.63, 3.8) is 0 Å². The van der Waals surface area contributed by atoms with Crippen molar-refractivity contribution in [2.24, 2.45) is 5.10 Å². The minimum absolute atomic E-state index is 0.170. The molecule has 0 radical (unpaired) electrons. The van der Waals surface area contributed by atoms with Crippen molar-refractivity contribution in [2.45, 2.75) is 20.1 Å². The van der Waals surface area contributed by atoms with Gasteiger partial charge in [0, 0.05) is 5.56 Å². The lowest BCUT2D eigenvalue weighted by Gasteiger charge is -2.13. The second kappa shape index (κ2) is 13.6. The second-order valence-corrected chi connectivity index (χ2v) is 9.11. The van der Waals surface area contributed by atoms with Crippen molar-refractivity contribution in [1.29, 1.82) is 0 Å².